The van der Waals surface area contributed by atoms with Crippen LogP contribution in [0.2, 0.25) is 0 Å². The number of amides is 1. The number of likely N-dealkylation sites (tertiary alicyclic amines) is 1. The lowest BCUT2D eigenvalue weighted by Crippen LogP contribution is -2.38. The van der Waals surface area contributed by atoms with Crippen LogP contribution in [0.15, 0.2) is 29.2 Å². The molecule has 150 valence electrons. The molecule has 0 unspecified atom stereocenters. The zero-order valence-corrected chi connectivity index (χ0v) is 17.2. The first-order chi connectivity index (χ1) is 13.0. The van der Waals surface area contributed by atoms with Crippen molar-refractivity contribution in [3.8, 4) is 0 Å². The molecule has 1 aromatic rings. The lowest BCUT2D eigenvalue weighted by molar-refractivity contribution is -0.132. The molecule has 2 fully saturated rings. The zero-order valence-electron chi connectivity index (χ0n) is 16.4. The Morgan fingerprint density at radius 2 is 1.56 bits per heavy atom. The second-order valence-electron chi connectivity index (χ2n) is 8.03. The summed E-state index contributed by atoms with van der Waals surface area (Å²) in [5.41, 5.74) is 1.02. The number of aryl methyl sites for hydroxylation is 1. The van der Waals surface area contributed by atoms with Crippen LogP contribution in [0.1, 0.15) is 57.4 Å². The van der Waals surface area contributed by atoms with E-state index >= 15 is 0 Å². The average molecular weight is 393 g/mol. The van der Waals surface area contributed by atoms with Crippen LogP contribution < -0.4 is 0 Å². The molecular weight excluding hydrogens is 360 g/mol. The van der Waals surface area contributed by atoms with Gasteiger partial charge in [0.05, 0.1) is 4.90 Å². The van der Waals surface area contributed by atoms with Crippen LogP contribution in [0, 0.1) is 5.92 Å². The molecule has 0 bridgehead atoms. The van der Waals surface area contributed by atoms with Gasteiger partial charge in [-0.25, -0.2) is 8.42 Å². The second-order valence-corrected chi connectivity index (χ2v) is 9.96. The Morgan fingerprint density at radius 1 is 0.963 bits per heavy atom. The van der Waals surface area contributed by atoms with Crippen LogP contribution in [0.25, 0.3) is 0 Å². The molecule has 6 heteroatoms. The highest BCUT2D eigenvalue weighted by Crippen LogP contribution is 2.21. The highest BCUT2D eigenvalue weighted by atomic mass is 32.2. The first-order valence-electron chi connectivity index (χ1n) is 10.3. The van der Waals surface area contributed by atoms with E-state index in [-0.39, 0.29) is 5.91 Å². The highest BCUT2D eigenvalue weighted by Gasteiger charge is 2.25. The maximum atomic E-state index is 12.8. The van der Waals surface area contributed by atoms with Crippen molar-refractivity contribution in [2.75, 3.05) is 26.2 Å². The molecule has 2 saturated heterocycles. The minimum atomic E-state index is -3.40. The number of hydrogen-bond donors (Lipinski definition) is 0. The number of rotatable bonds is 5. The van der Waals surface area contributed by atoms with Gasteiger partial charge in [-0.1, -0.05) is 31.9 Å². The number of benzene rings is 1. The van der Waals surface area contributed by atoms with E-state index < -0.39 is 10.0 Å². The summed E-state index contributed by atoms with van der Waals surface area (Å²) in [6, 6.07) is 7.11. The largest absolute Gasteiger partial charge is 0.343 e. The average Bonchev–Trinajstić information content (AvgIpc) is 2.97. The summed E-state index contributed by atoms with van der Waals surface area (Å²) in [7, 11) is -3.40. The molecule has 0 spiro atoms. The van der Waals surface area contributed by atoms with E-state index in [0.29, 0.717) is 36.7 Å². The van der Waals surface area contributed by atoms with Gasteiger partial charge in [0.2, 0.25) is 15.9 Å². The van der Waals surface area contributed by atoms with E-state index in [0.717, 1.165) is 57.2 Å². The Bertz CT molecular complexity index is 714. The predicted molar refractivity (Wildman–Crippen MR) is 107 cm³/mol. The van der Waals surface area contributed by atoms with Gasteiger partial charge < -0.3 is 4.90 Å². The van der Waals surface area contributed by atoms with Crippen molar-refractivity contribution in [3.63, 3.8) is 0 Å². The van der Waals surface area contributed by atoms with E-state index in [1.165, 1.54) is 0 Å². The SMILES string of the molecule is CC1CCN(C(=O)CCc2ccc(S(=O)(=O)N3CCCCCC3)cc2)CC1. The third-order valence-electron chi connectivity index (χ3n) is 5.89. The molecule has 2 aliphatic heterocycles. The number of carbonyl (C=O) groups excluding carboxylic acids is 1. The zero-order chi connectivity index (χ0) is 19.3. The highest BCUT2D eigenvalue weighted by molar-refractivity contribution is 7.89. The van der Waals surface area contributed by atoms with Crippen LogP contribution in [0.5, 0.6) is 0 Å². The number of carbonyl (C=O) groups is 1. The van der Waals surface area contributed by atoms with Gasteiger partial charge in [-0.15, -0.1) is 0 Å². The standard InChI is InChI=1S/C21H32N2O3S/c1-18-12-16-22(17-13-18)21(24)11-8-19-6-9-20(10-7-19)27(25,26)23-14-4-2-3-5-15-23/h6-7,9-10,18H,2-5,8,11-17H2,1H3. The Morgan fingerprint density at radius 3 is 2.15 bits per heavy atom. The number of piperidine rings is 1. The monoisotopic (exact) mass is 392 g/mol. The molecule has 0 radical (unpaired) electrons. The summed E-state index contributed by atoms with van der Waals surface area (Å²) in [5.74, 6) is 0.927. The molecule has 5 nitrogen and oxygen atoms in total. The van der Waals surface area contributed by atoms with Crippen molar-refractivity contribution < 1.29 is 13.2 Å². The Hall–Kier alpha value is -1.40. The van der Waals surface area contributed by atoms with Gasteiger partial charge in [0.1, 0.15) is 0 Å². The smallest absolute Gasteiger partial charge is 0.243 e. The third-order valence-corrected chi connectivity index (χ3v) is 7.80. The minimum Gasteiger partial charge on any atom is -0.343 e. The number of sulfonamides is 1. The van der Waals surface area contributed by atoms with Gasteiger partial charge in [-0.2, -0.15) is 4.31 Å². The van der Waals surface area contributed by atoms with Crippen molar-refractivity contribution in [1.82, 2.24) is 9.21 Å². The second kappa shape index (κ2) is 9.20. The van der Waals surface area contributed by atoms with E-state index in [9.17, 15) is 13.2 Å². The molecule has 3 rings (SSSR count). The van der Waals surface area contributed by atoms with Gasteiger partial charge in [0.25, 0.3) is 0 Å². The normalized spacial score (nSPS) is 20.4. The molecule has 0 saturated carbocycles. The van der Waals surface area contributed by atoms with Crippen molar-refractivity contribution in [3.05, 3.63) is 29.8 Å². The maximum Gasteiger partial charge on any atom is 0.243 e. The lowest BCUT2D eigenvalue weighted by Gasteiger charge is -2.30. The first-order valence-corrected chi connectivity index (χ1v) is 11.8. The van der Waals surface area contributed by atoms with Crippen LogP contribution in [-0.4, -0.2) is 49.7 Å². The van der Waals surface area contributed by atoms with Crippen molar-refractivity contribution in [1.29, 1.82) is 0 Å². The lowest BCUT2D eigenvalue weighted by atomic mass is 9.98. The molecule has 0 aliphatic carbocycles. The van der Waals surface area contributed by atoms with Gasteiger partial charge in [-0.3, -0.25) is 4.79 Å². The quantitative estimate of drug-likeness (QED) is 0.771. The predicted octanol–water partition coefficient (Wildman–Crippen LogP) is 3.44. The van der Waals surface area contributed by atoms with E-state index in [1.54, 1.807) is 16.4 Å². The van der Waals surface area contributed by atoms with Crippen molar-refractivity contribution in [2.24, 2.45) is 5.92 Å². The third kappa shape index (κ3) is 5.32. The summed E-state index contributed by atoms with van der Waals surface area (Å²) in [6.07, 6.45) is 7.43. The van der Waals surface area contributed by atoms with Crippen LogP contribution in [0.4, 0.5) is 0 Å². The van der Waals surface area contributed by atoms with Gasteiger partial charge in [0, 0.05) is 32.6 Å². The van der Waals surface area contributed by atoms with Crippen LogP contribution in [-0.2, 0) is 21.2 Å². The van der Waals surface area contributed by atoms with Crippen molar-refractivity contribution >= 4 is 15.9 Å². The fourth-order valence-corrected chi connectivity index (χ4v) is 5.44. The van der Waals surface area contributed by atoms with E-state index in [2.05, 4.69) is 6.92 Å². The van der Waals surface area contributed by atoms with Gasteiger partial charge in [0.15, 0.2) is 0 Å². The number of nitrogens with zero attached hydrogens (tertiary/aromatic N) is 2. The maximum absolute atomic E-state index is 12.8. The molecule has 1 aromatic carbocycles. The Kier molecular flexibility index (Phi) is 6.93. The van der Waals surface area contributed by atoms with Gasteiger partial charge >= 0.3 is 0 Å². The molecule has 0 atom stereocenters. The summed E-state index contributed by atoms with van der Waals surface area (Å²) in [4.78, 5) is 14.7. The molecule has 0 N–H and O–H groups in total. The van der Waals surface area contributed by atoms with Crippen LogP contribution >= 0.6 is 0 Å². The first kappa shape index (κ1) is 20.3. The molecule has 1 amide bonds. The molecule has 0 aromatic heterocycles. The summed E-state index contributed by atoms with van der Waals surface area (Å²) >= 11 is 0. The molecule has 2 aliphatic rings. The van der Waals surface area contributed by atoms with Crippen molar-refractivity contribution in [2.45, 2.75) is 63.2 Å². The summed E-state index contributed by atoms with van der Waals surface area (Å²) in [6.45, 7) is 5.21. The van der Waals surface area contributed by atoms with Gasteiger partial charge in [-0.05, 0) is 55.7 Å². The fraction of sp³-hybridized carbons (Fsp3) is 0.667. The Labute approximate surface area is 163 Å². The molecular formula is C21H32N2O3S. The summed E-state index contributed by atoms with van der Waals surface area (Å²) < 4.78 is 27.3. The fourth-order valence-electron chi connectivity index (χ4n) is 3.93. The topological polar surface area (TPSA) is 57.7 Å². The van der Waals surface area contributed by atoms with E-state index in [4.69, 9.17) is 0 Å². The Balaban J connectivity index is 1.56. The molecule has 2 heterocycles. The van der Waals surface area contributed by atoms with E-state index in [1.807, 2.05) is 17.0 Å². The summed E-state index contributed by atoms with van der Waals surface area (Å²) in [5, 5.41) is 0. The minimum absolute atomic E-state index is 0.211. The van der Waals surface area contributed by atoms with Crippen LogP contribution in [0.3, 0.4) is 0 Å². The number of hydrogen-bond acceptors (Lipinski definition) is 3. The molecule has 27 heavy (non-hydrogen) atoms.